The fourth-order valence-electron chi connectivity index (χ4n) is 1.80. The number of carbonyl (C=O) groups is 1. The Morgan fingerprint density at radius 2 is 0.929 bits per heavy atom. The number of hydrogen-bond donors (Lipinski definition) is 0. The third kappa shape index (κ3) is 3.46. The average molecular weight is 454 g/mol. The Bertz CT molecular complexity index is 584. The van der Waals surface area contributed by atoms with Crippen LogP contribution < -0.4 is 0 Å². The summed E-state index contributed by atoms with van der Waals surface area (Å²) in [5.74, 6) is -19.4. The molecule has 0 aliphatic heterocycles. The summed E-state index contributed by atoms with van der Waals surface area (Å²) in [6.07, 6.45) is -32.5. The molecular weight excluding hydrogens is 449 g/mol. The molecule has 0 fully saturated rings. The van der Waals surface area contributed by atoms with E-state index in [9.17, 15) is 70.7 Å². The van der Waals surface area contributed by atoms with Gasteiger partial charge >= 0.3 is 47.9 Å². The predicted molar refractivity (Wildman–Crippen MR) is 56.3 cm³/mol. The Kier molecular flexibility index (Phi) is 6.17. The third-order valence-electron chi connectivity index (χ3n) is 3.10. The first-order valence-corrected chi connectivity index (χ1v) is 6.05. The lowest BCUT2D eigenvalue weighted by Gasteiger charge is -2.48. The molecule has 166 valence electrons. The molecule has 0 aromatic heterocycles. The van der Waals surface area contributed by atoms with Crippen LogP contribution in [0.1, 0.15) is 6.92 Å². The van der Waals surface area contributed by atoms with Gasteiger partial charge < -0.3 is 4.74 Å². The molecule has 0 bridgehead atoms. The summed E-state index contributed by atoms with van der Waals surface area (Å²) in [6.45, 7) is 2.54. The summed E-state index contributed by atoms with van der Waals surface area (Å²) < 4.78 is 196. The van der Waals surface area contributed by atoms with Crippen molar-refractivity contribution in [3.05, 3.63) is 12.2 Å². The average Bonchev–Trinajstić information content (AvgIpc) is 2.31. The van der Waals surface area contributed by atoms with Crippen molar-refractivity contribution in [1.82, 2.24) is 0 Å². The van der Waals surface area contributed by atoms with E-state index in [4.69, 9.17) is 0 Å². The molecule has 0 radical (unpaired) electrons. The van der Waals surface area contributed by atoms with E-state index in [-0.39, 0.29) is 6.92 Å². The summed E-state index contributed by atoms with van der Waals surface area (Å²) in [7, 11) is 0. The van der Waals surface area contributed by atoms with Crippen molar-refractivity contribution >= 4 is 5.97 Å². The Balaban J connectivity index is 7.69. The highest BCUT2D eigenvalue weighted by Crippen LogP contribution is 2.70. The molecule has 0 aromatic carbocycles. The maximum Gasteiger partial charge on any atom is 0.460 e. The van der Waals surface area contributed by atoms with Crippen LogP contribution in [0.5, 0.6) is 0 Å². The SMILES string of the molecule is C=C(C)C(=O)OC(F)(C(F)(F)C(F)(F)F)C(C(F)(F)F)(C(F)(F)F)C(F)(F)F. The van der Waals surface area contributed by atoms with Gasteiger partial charge in [-0.3, -0.25) is 0 Å². The highest BCUT2D eigenvalue weighted by Gasteiger charge is 3.00. The molecule has 2 nitrogen and oxygen atoms in total. The minimum absolute atomic E-state index is 0.199. The fraction of sp³-hybridized carbons (Fsp3) is 0.727. The summed E-state index contributed by atoms with van der Waals surface area (Å²) in [5.41, 5.74) is -10.1. The van der Waals surface area contributed by atoms with Gasteiger partial charge in [0.25, 0.3) is 0 Å². The maximum atomic E-state index is 14.4. The standard InChI is InChI=1S/C11H5F15O2/c1-3(2)4(27)28-7(14,6(12,13)11(24,25)26)5(8(15,16)17,9(18,19)20)10(21,22)23/h1H2,2H3. The van der Waals surface area contributed by atoms with Crippen LogP contribution in [0.4, 0.5) is 65.9 Å². The van der Waals surface area contributed by atoms with Crippen LogP contribution in [-0.4, -0.2) is 42.5 Å². The zero-order valence-corrected chi connectivity index (χ0v) is 12.7. The molecule has 0 saturated carbocycles. The fourth-order valence-corrected chi connectivity index (χ4v) is 1.80. The van der Waals surface area contributed by atoms with Gasteiger partial charge in [0.1, 0.15) is 0 Å². The minimum atomic E-state index is -8.50. The normalized spacial score (nSPS) is 17.1. The van der Waals surface area contributed by atoms with E-state index >= 15 is 0 Å². The van der Waals surface area contributed by atoms with E-state index in [0.717, 1.165) is 0 Å². The van der Waals surface area contributed by atoms with E-state index in [0.29, 0.717) is 0 Å². The van der Waals surface area contributed by atoms with Crippen LogP contribution in [0, 0.1) is 5.41 Å². The van der Waals surface area contributed by atoms with Gasteiger partial charge in [-0.2, -0.15) is 65.9 Å². The summed E-state index contributed by atoms with van der Waals surface area (Å²) in [4.78, 5) is 11.0. The Labute approximate surface area is 143 Å². The van der Waals surface area contributed by atoms with Crippen molar-refractivity contribution in [2.75, 3.05) is 0 Å². The van der Waals surface area contributed by atoms with Crippen molar-refractivity contribution in [3.63, 3.8) is 0 Å². The Morgan fingerprint density at radius 3 is 1.11 bits per heavy atom. The van der Waals surface area contributed by atoms with Crippen molar-refractivity contribution in [2.24, 2.45) is 5.41 Å². The van der Waals surface area contributed by atoms with Gasteiger partial charge in [0.15, 0.2) is 0 Å². The minimum Gasteiger partial charge on any atom is -0.416 e. The van der Waals surface area contributed by atoms with Gasteiger partial charge in [-0.15, -0.1) is 0 Å². The quantitative estimate of drug-likeness (QED) is 0.312. The van der Waals surface area contributed by atoms with Crippen molar-refractivity contribution in [2.45, 2.75) is 43.4 Å². The molecular formula is C11H5F15O2. The summed E-state index contributed by atoms with van der Waals surface area (Å²) >= 11 is 0. The lowest BCUT2D eigenvalue weighted by Crippen LogP contribution is -2.78. The molecule has 28 heavy (non-hydrogen) atoms. The summed E-state index contributed by atoms with van der Waals surface area (Å²) in [5, 5.41) is 0. The molecule has 17 heteroatoms. The number of esters is 1. The molecule has 0 saturated heterocycles. The molecule has 0 heterocycles. The number of carbonyl (C=O) groups excluding carboxylic acids is 1. The van der Waals surface area contributed by atoms with E-state index in [2.05, 4.69) is 11.3 Å². The molecule has 0 amide bonds. The molecule has 0 spiro atoms. The zero-order valence-electron chi connectivity index (χ0n) is 12.7. The first-order valence-electron chi connectivity index (χ1n) is 6.05. The molecule has 1 unspecified atom stereocenters. The van der Waals surface area contributed by atoms with E-state index in [1.165, 1.54) is 0 Å². The molecule has 0 aliphatic carbocycles. The smallest absolute Gasteiger partial charge is 0.416 e. The summed E-state index contributed by atoms with van der Waals surface area (Å²) in [6, 6.07) is 0. The maximum absolute atomic E-state index is 14.4. The lowest BCUT2D eigenvalue weighted by atomic mass is 9.73. The molecule has 0 N–H and O–H groups in total. The van der Waals surface area contributed by atoms with Gasteiger partial charge in [0.2, 0.25) is 0 Å². The van der Waals surface area contributed by atoms with E-state index < -0.39 is 53.4 Å². The van der Waals surface area contributed by atoms with Crippen LogP contribution >= 0.6 is 0 Å². The third-order valence-corrected chi connectivity index (χ3v) is 3.10. The number of ether oxygens (including phenoxy) is 1. The van der Waals surface area contributed by atoms with Gasteiger partial charge in [-0.25, -0.2) is 4.79 Å². The number of alkyl halides is 15. The highest BCUT2D eigenvalue weighted by atomic mass is 19.4. The van der Waals surface area contributed by atoms with Crippen LogP contribution in [0.15, 0.2) is 12.2 Å². The van der Waals surface area contributed by atoms with Gasteiger partial charge in [-0.05, 0) is 6.92 Å². The van der Waals surface area contributed by atoms with E-state index in [1.807, 2.05) is 0 Å². The second kappa shape index (κ2) is 6.60. The highest BCUT2D eigenvalue weighted by molar-refractivity contribution is 5.87. The molecule has 0 rings (SSSR count). The topological polar surface area (TPSA) is 26.3 Å². The van der Waals surface area contributed by atoms with Gasteiger partial charge in [0, 0.05) is 5.57 Å². The molecule has 1 atom stereocenters. The zero-order chi connectivity index (χ0) is 23.4. The van der Waals surface area contributed by atoms with Crippen molar-refractivity contribution in [1.29, 1.82) is 0 Å². The first-order chi connectivity index (χ1) is 11.8. The second-order valence-electron chi connectivity index (χ2n) is 5.08. The Hall–Kier alpha value is -1.84. The van der Waals surface area contributed by atoms with Gasteiger partial charge in [-0.1, -0.05) is 6.58 Å². The lowest BCUT2D eigenvalue weighted by molar-refractivity contribution is -0.524. The number of hydrogen-bond acceptors (Lipinski definition) is 2. The largest absolute Gasteiger partial charge is 0.460 e. The number of rotatable bonds is 4. The second-order valence-corrected chi connectivity index (χ2v) is 5.08. The van der Waals surface area contributed by atoms with Gasteiger partial charge in [0.05, 0.1) is 0 Å². The van der Waals surface area contributed by atoms with Crippen LogP contribution in [0.25, 0.3) is 0 Å². The van der Waals surface area contributed by atoms with Crippen LogP contribution in [0.2, 0.25) is 0 Å². The number of halogens is 15. The van der Waals surface area contributed by atoms with Crippen LogP contribution in [0.3, 0.4) is 0 Å². The molecule has 0 aromatic rings. The first kappa shape index (κ1) is 26.2. The molecule has 0 aliphatic rings. The van der Waals surface area contributed by atoms with Crippen molar-refractivity contribution in [3.8, 4) is 0 Å². The van der Waals surface area contributed by atoms with E-state index in [1.54, 1.807) is 0 Å². The Morgan fingerprint density at radius 1 is 0.643 bits per heavy atom. The predicted octanol–water partition coefficient (Wildman–Crippen LogP) is 5.64. The monoisotopic (exact) mass is 454 g/mol. The van der Waals surface area contributed by atoms with Crippen molar-refractivity contribution < 1.29 is 75.4 Å². The van der Waals surface area contributed by atoms with Crippen LogP contribution in [-0.2, 0) is 9.53 Å².